The summed E-state index contributed by atoms with van der Waals surface area (Å²) in [5.74, 6) is 1.78. The summed E-state index contributed by atoms with van der Waals surface area (Å²) in [6.45, 7) is 2.49. The van der Waals surface area contributed by atoms with Gasteiger partial charge >= 0.3 is 0 Å². The molecule has 2 aromatic rings. The van der Waals surface area contributed by atoms with E-state index < -0.39 is 0 Å². The predicted octanol–water partition coefficient (Wildman–Crippen LogP) is 3.71. The summed E-state index contributed by atoms with van der Waals surface area (Å²) < 4.78 is 34.9. The van der Waals surface area contributed by atoms with Gasteiger partial charge in [-0.1, -0.05) is 6.07 Å². The summed E-state index contributed by atoms with van der Waals surface area (Å²) in [5.41, 5.74) is 1.75. The molecule has 0 spiro atoms. The summed E-state index contributed by atoms with van der Waals surface area (Å²) in [6.07, 6.45) is 0. The highest BCUT2D eigenvalue weighted by molar-refractivity contribution is 5.50. The third kappa shape index (κ3) is 4.33. The fourth-order valence-corrected chi connectivity index (χ4v) is 2.56. The molecule has 5 nitrogen and oxygen atoms in total. The molecule has 1 atom stereocenters. The van der Waals surface area contributed by atoms with Crippen LogP contribution in [0.25, 0.3) is 0 Å². The van der Waals surface area contributed by atoms with Gasteiger partial charge < -0.3 is 24.3 Å². The first kappa shape index (κ1) is 18.9. The van der Waals surface area contributed by atoms with Crippen LogP contribution in [0.15, 0.2) is 30.3 Å². The number of hydrogen-bond acceptors (Lipinski definition) is 5. The van der Waals surface area contributed by atoms with Gasteiger partial charge in [-0.15, -0.1) is 0 Å². The number of benzene rings is 2. The highest BCUT2D eigenvalue weighted by atomic mass is 19.1. The van der Waals surface area contributed by atoms with E-state index in [0.717, 1.165) is 11.1 Å². The second-order valence-corrected chi connectivity index (χ2v) is 5.52. The van der Waals surface area contributed by atoms with Crippen LogP contribution in [0.4, 0.5) is 4.39 Å². The van der Waals surface area contributed by atoms with Gasteiger partial charge in [0.1, 0.15) is 5.75 Å². The van der Waals surface area contributed by atoms with Gasteiger partial charge in [0.25, 0.3) is 0 Å². The van der Waals surface area contributed by atoms with Gasteiger partial charge in [-0.3, -0.25) is 0 Å². The number of ether oxygens (including phenoxy) is 4. The van der Waals surface area contributed by atoms with Crippen molar-refractivity contribution in [3.8, 4) is 23.0 Å². The molecular weight excluding hydrogens is 325 g/mol. The highest BCUT2D eigenvalue weighted by Gasteiger charge is 2.14. The van der Waals surface area contributed by atoms with Gasteiger partial charge in [0.15, 0.2) is 23.1 Å². The van der Waals surface area contributed by atoms with Crippen LogP contribution in [0.2, 0.25) is 0 Å². The summed E-state index contributed by atoms with van der Waals surface area (Å²) in [4.78, 5) is 0. The number of nitrogens with one attached hydrogen (secondary N) is 1. The molecule has 0 fully saturated rings. The molecule has 0 aliphatic carbocycles. The van der Waals surface area contributed by atoms with E-state index in [4.69, 9.17) is 18.9 Å². The molecule has 1 unspecified atom stereocenters. The first-order chi connectivity index (χ1) is 12.0. The van der Waals surface area contributed by atoms with Crippen LogP contribution in [0.5, 0.6) is 23.0 Å². The summed E-state index contributed by atoms with van der Waals surface area (Å²) >= 11 is 0. The Bertz CT molecular complexity index is 721. The molecule has 136 valence electrons. The van der Waals surface area contributed by atoms with Gasteiger partial charge in [-0.2, -0.15) is 0 Å². The Hall–Kier alpha value is -2.47. The minimum Gasteiger partial charge on any atom is -0.496 e. The van der Waals surface area contributed by atoms with Crippen LogP contribution in [-0.4, -0.2) is 28.4 Å². The average Bonchev–Trinajstić information content (AvgIpc) is 2.65. The van der Waals surface area contributed by atoms with Crippen LogP contribution in [0, 0.1) is 5.82 Å². The van der Waals surface area contributed by atoms with Crippen molar-refractivity contribution >= 4 is 0 Å². The Morgan fingerprint density at radius 2 is 1.44 bits per heavy atom. The Morgan fingerprint density at radius 1 is 0.840 bits per heavy atom. The molecule has 2 rings (SSSR count). The van der Waals surface area contributed by atoms with Crippen molar-refractivity contribution < 1.29 is 23.3 Å². The SMILES string of the molecule is COc1ccc(C(C)NCc2cc(OC)c(OC)cc2OC)cc1F. The zero-order valence-electron chi connectivity index (χ0n) is 15.2. The average molecular weight is 349 g/mol. The maximum absolute atomic E-state index is 13.9. The van der Waals surface area contributed by atoms with Crippen LogP contribution in [-0.2, 0) is 6.54 Å². The van der Waals surface area contributed by atoms with Gasteiger partial charge in [0, 0.05) is 24.2 Å². The molecule has 0 aromatic heterocycles. The van der Waals surface area contributed by atoms with Crippen molar-refractivity contribution in [1.82, 2.24) is 5.32 Å². The molecule has 0 heterocycles. The molecule has 1 N–H and O–H groups in total. The Labute approximate surface area is 147 Å². The molecule has 0 aliphatic heterocycles. The zero-order valence-corrected chi connectivity index (χ0v) is 15.2. The molecule has 0 aliphatic rings. The van der Waals surface area contributed by atoms with E-state index in [1.807, 2.05) is 19.1 Å². The predicted molar refractivity (Wildman–Crippen MR) is 94.3 cm³/mol. The quantitative estimate of drug-likeness (QED) is 0.787. The van der Waals surface area contributed by atoms with Crippen LogP contribution < -0.4 is 24.3 Å². The largest absolute Gasteiger partial charge is 0.496 e. The van der Waals surface area contributed by atoms with Crippen molar-refractivity contribution in [2.75, 3.05) is 28.4 Å². The number of hydrogen-bond donors (Lipinski definition) is 1. The molecule has 25 heavy (non-hydrogen) atoms. The normalized spacial score (nSPS) is 11.8. The molecule has 0 saturated heterocycles. The van der Waals surface area contributed by atoms with Gasteiger partial charge in [-0.05, 0) is 30.7 Å². The van der Waals surface area contributed by atoms with E-state index in [-0.39, 0.29) is 17.6 Å². The number of rotatable bonds is 8. The van der Waals surface area contributed by atoms with Crippen LogP contribution >= 0.6 is 0 Å². The van der Waals surface area contributed by atoms with E-state index >= 15 is 0 Å². The first-order valence-corrected chi connectivity index (χ1v) is 7.89. The molecule has 2 aromatic carbocycles. The van der Waals surface area contributed by atoms with Crippen molar-refractivity contribution in [1.29, 1.82) is 0 Å². The lowest BCUT2D eigenvalue weighted by atomic mass is 10.1. The van der Waals surface area contributed by atoms with E-state index in [0.29, 0.717) is 23.8 Å². The second-order valence-electron chi connectivity index (χ2n) is 5.52. The third-order valence-corrected chi connectivity index (χ3v) is 4.06. The van der Waals surface area contributed by atoms with Crippen LogP contribution in [0.1, 0.15) is 24.1 Å². The Balaban J connectivity index is 2.15. The molecule has 0 bridgehead atoms. The maximum atomic E-state index is 13.9. The van der Waals surface area contributed by atoms with Crippen molar-refractivity contribution in [3.05, 3.63) is 47.3 Å². The Kier molecular flexibility index (Phi) is 6.47. The first-order valence-electron chi connectivity index (χ1n) is 7.89. The molecule has 0 radical (unpaired) electrons. The number of halogens is 1. The van der Waals surface area contributed by atoms with E-state index in [2.05, 4.69) is 5.32 Å². The van der Waals surface area contributed by atoms with Crippen LogP contribution in [0.3, 0.4) is 0 Å². The summed E-state index contributed by atoms with van der Waals surface area (Å²) in [6, 6.07) is 8.53. The van der Waals surface area contributed by atoms with Crippen molar-refractivity contribution in [3.63, 3.8) is 0 Å². The highest BCUT2D eigenvalue weighted by Crippen LogP contribution is 2.34. The standard InChI is InChI=1S/C19H24FNO4/c1-12(13-6-7-16(22-2)15(20)8-13)21-11-14-9-18(24-4)19(25-5)10-17(14)23-3/h6-10,12,21H,11H2,1-5H3. The van der Waals surface area contributed by atoms with Gasteiger partial charge in [0.05, 0.1) is 28.4 Å². The van der Waals surface area contributed by atoms with Crippen molar-refractivity contribution in [2.24, 2.45) is 0 Å². The van der Waals surface area contributed by atoms with E-state index in [1.54, 1.807) is 33.5 Å². The monoisotopic (exact) mass is 349 g/mol. The molecule has 0 amide bonds. The third-order valence-electron chi connectivity index (χ3n) is 4.06. The maximum Gasteiger partial charge on any atom is 0.165 e. The fraction of sp³-hybridized carbons (Fsp3) is 0.368. The number of methoxy groups -OCH3 is 4. The fourth-order valence-electron chi connectivity index (χ4n) is 2.56. The van der Waals surface area contributed by atoms with Crippen molar-refractivity contribution in [2.45, 2.75) is 19.5 Å². The van der Waals surface area contributed by atoms with E-state index in [9.17, 15) is 4.39 Å². The minimum absolute atomic E-state index is 0.0572. The lowest BCUT2D eigenvalue weighted by Gasteiger charge is -2.18. The van der Waals surface area contributed by atoms with E-state index in [1.165, 1.54) is 13.2 Å². The molecular formula is C19H24FNO4. The molecule has 0 saturated carbocycles. The lowest BCUT2D eigenvalue weighted by Crippen LogP contribution is -2.18. The smallest absolute Gasteiger partial charge is 0.165 e. The van der Waals surface area contributed by atoms with Gasteiger partial charge in [-0.25, -0.2) is 4.39 Å². The minimum atomic E-state index is -0.377. The summed E-state index contributed by atoms with van der Waals surface area (Å²) in [5, 5.41) is 3.36. The topological polar surface area (TPSA) is 49.0 Å². The molecule has 6 heteroatoms. The second kappa shape index (κ2) is 8.58. The van der Waals surface area contributed by atoms with Gasteiger partial charge in [0.2, 0.25) is 0 Å². The Morgan fingerprint density at radius 3 is 2.00 bits per heavy atom. The summed E-state index contributed by atoms with van der Waals surface area (Å²) in [7, 11) is 6.22. The lowest BCUT2D eigenvalue weighted by molar-refractivity contribution is 0.346. The zero-order chi connectivity index (χ0) is 18.4.